The molecule has 0 atom stereocenters. The molecule has 0 spiro atoms. The zero-order chi connectivity index (χ0) is 13.0. The van der Waals surface area contributed by atoms with Gasteiger partial charge < -0.3 is 15.2 Å². The van der Waals surface area contributed by atoms with E-state index in [0.29, 0.717) is 0 Å². The summed E-state index contributed by atoms with van der Waals surface area (Å²) in [7, 11) is 2.39. The third-order valence-electron chi connectivity index (χ3n) is 2.13. The number of hydrogen-bond acceptors (Lipinski definition) is 5. The first kappa shape index (κ1) is 13.3. The largest absolute Gasteiger partial charge is 0.496 e. The number of carbonyl (C=O) groups excluding carboxylic acids is 1. The molecule has 1 heterocycles. The Labute approximate surface area is 96.5 Å². The standard InChI is InChI=1S/C10H12F2N2O3/c1-16-7-3-5(10(15)17-2)14-6(4-13)8(7)9(11)12/h3,9H,4,13H2,1-2H3. The molecule has 1 aromatic rings. The zero-order valence-corrected chi connectivity index (χ0v) is 9.37. The lowest BCUT2D eigenvalue weighted by Crippen LogP contribution is -2.13. The van der Waals surface area contributed by atoms with Crippen molar-refractivity contribution in [1.29, 1.82) is 0 Å². The van der Waals surface area contributed by atoms with Gasteiger partial charge in [-0.15, -0.1) is 0 Å². The van der Waals surface area contributed by atoms with E-state index in [9.17, 15) is 13.6 Å². The zero-order valence-electron chi connectivity index (χ0n) is 9.37. The highest BCUT2D eigenvalue weighted by atomic mass is 19.3. The van der Waals surface area contributed by atoms with Crippen LogP contribution in [0.1, 0.15) is 28.2 Å². The SMILES string of the molecule is COC(=O)c1cc(OC)c(C(F)F)c(CN)n1. The van der Waals surface area contributed by atoms with Gasteiger partial charge in [-0.3, -0.25) is 0 Å². The molecule has 0 aliphatic carbocycles. The quantitative estimate of drug-likeness (QED) is 0.810. The van der Waals surface area contributed by atoms with E-state index < -0.39 is 18.0 Å². The van der Waals surface area contributed by atoms with Crippen LogP contribution in [0, 0.1) is 0 Å². The number of esters is 1. The van der Waals surface area contributed by atoms with Gasteiger partial charge in [0.1, 0.15) is 5.75 Å². The van der Waals surface area contributed by atoms with Gasteiger partial charge in [-0.2, -0.15) is 0 Å². The Morgan fingerprint density at radius 3 is 2.59 bits per heavy atom. The number of methoxy groups -OCH3 is 2. The highest BCUT2D eigenvalue weighted by molar-refractivity contribution is 5.87. The van der Waals surface area contributed by atoms with E-state index in [1.807, 2.05) is 0 Å². The van der Waals surface area contributed by atoms with Gasteiger partial charge in [-0.25, -0.2) is 18.6 Å². The van der Waals surface area contributed by atoms with E-state index >= 15 is 0 Å². The molecule has 7 heteroatoms. The third kappa shape index (κ3) is 2.68. The van der Waals surface area contributed by atoms with Crippen LogP contribution >= 0.6 is 0 Å². The Morgan fingerprint density at radius 1 is 1.53 bits per heavy atom. The molecular weight excluding hydrogens is 234 g/mol. The van der Waals surface area contributed by atoms with E-state index in [-0.39, 0.29) is 23.7 Å². The molecule has 0 fully saturated rings. The number of ether oxygens (including phenoxy) is 2. The van der Waals surface area contributed by atoms with Crippen LogP contribution in [0.25, 0.3) is 0 Å². The molecule has 1 aromatic heterocycles. The first-order valence-corrected chi connectivity index (χ1v) is 4.69. The van der Waals surface area contributed by atoms with Crippen molar-refractivity contribution in [2.24, 2.45) is 5.73 Å². The number of halogens is 2. The highest BCUT2D eigenvalue weighted by Crippen LogP contribution is 2.31. The monoisotopic (exact) mass is 246 g/mol. The van der Waals surface area contributed by atoms with Crippen LogP contribution in [0.5, 0.6) is 5.75 Å². The summed E-state index contributed by atoms with van der Waals surface area (Å²) in [6.07, 6.45) is -2.78. The van der Waals surface area contributed by atoms with Crippen LogP contribution in [0.4, 0.5) is 8.78 Å². The Hall–Kier alpha value is -1.76. The lowest BCUT2D eigenvalue weighted by molar-refractivity contribution is 0.0592. The first-order valence-electron chi connectivity index (χ1n) is 4.69. The number of alkyl halides is 2. The molecule has 0 bridgehead atoms. The second-order valence-corrected chi connectivity index (χ2v) is 3.07. The molecule has 0 aromatic carbocycles. The third-order valence-corrected chi connectivity index (χ3v) is 2.13. The van der Waals surface area contributed by atoms with E-state index in [2.05, 4.69) is 9.72 Å². The molecule has 0 saturated carbocycles. The smallest absolute Gasteiger partial charge is 0.356 e. The highest BCUT2D eigenvalue weighted by Gasteiger charge is 2.22. The van der Waals surface area contributed by atoms with Gasteiger partial charge in [0.15, 0.2) is 5.69 Å². The molecule has 94 valence electrons. The van der Waals surface area contributed by atoms with E-state index in [4.69, 9.17) is 10.5 Å². The van der Waals surface area contributed by atoms with Gasteiger partial charge in [-0.05, 0) is 0 Å². The van der Waals surface area contributed by atoms with Crippen molar-refractivity contribution < 1.29 is 23.0 Å². The summed E-state index contributed by atoms with van der Waals surface area (Å²) in [5.41, 5.74) is 4.72. The number of carbonyl (C=O) groups is 1. The summed E-state index contributed by atoms with van der Waals surface area (Å²) in [6, 6.07) is 1.10. The second kappa shape index (κ2) is 5.53. The normalized spacial score (nSPS) is 10.5. The van der Waals surface area contributed by atoms with Crippen molar-refractivity contribution in [2.45, 2.75) is 13.0 Å². The minimum absolute atomic E-state index is 0.0836. The molecule has 0 aliphatic heterocycles. The molecule has 0 amide bonds. The van der Waals surface area contributed by atoms with Gasteiger partial charge in [0.2, 0.25) is 0 Å². The van der Waals surface area contributed by atoms with E-state index in [1.165, 1.54) is 14.2 Å². The summed E-state index contributed by atoms with van der Waals surface area (Å²) in [5, 5.41) is 0. The van der Waals surface area contributed by atoms with Gasteiger partial charge in [-0.1, -0.05) is 0 Å². The van der Waals surface area contributed by atoms with Gasteiger partial charge in [0, 0.05) is 12.6 Å². The fraction of sp³-hybridized carbons (Fsp3) is 0.400. The molecule has 2 N–H and O–H groups in total. The number of pyridine rings is 1. The van der Waals surface area contributed by atoms with E-state index in [0.717, 1.165) is 6.07 Å². The lowest BCUT2D eigenvalue weighted by Gasteiger charge is -2.12. The maximum absolute atomic E-state index is 12.8. The Morgan fingerprint density at radius 2 is 2.18 bits per heavy atom. The Bertz CT molecular complexity index is 399. The van der Waals surface area contributed by atoms with E-state index in [1.54, 1.807) is 0 Å². The van der Waals surface area contributed by atoms with Crippen molar-refractivity contribution in [1.82, 2.24) is 4.98 Å². The number of hydrogen-bond donors (Lipinski definition) is 1. The maximum Gasteiger partial charge on any atom is 0.356 e. The summed E-state index contributed by atoms with van der Waals surface area (Å²) in [4.78, 5) is 15.0. The Kier molecular flexibility index (Phi) is 4.33. The summed E-state index contributed by atoms with van der Waals surface area (Å²) in [5.74, 6) is -0.866. The van der Waals surface area contributed by atoms with Crippen molar-refractivity contribution in [3.8, 4) is 5.75 Å². The van der Waals surface area contributed by atoms with Crippen molar-refractivity contribution in [3.05, 3.63) is 23.0 Å². The van der Waals surface area contributed by atoms with Gasteiger partial charge >= 0.3 is 5.97 Å². The van der Waals surface area contributed by atoms with Crippen molar-refractivity contribution in [3.63, 3.8) is 0 Å². The summed E-state index contributed by atoms with van der Waals surface area (Å²) >= 11 is 0. The topological polar surface area (TPSA) is 74.4 Å². The molecule has 1 rings (SSSR count). The van der Waals surface area contributed by atoms with Crippen molar-refractivity contribution in [2.75, 3.05) is 14.2 Å². The molecular formula is C10H12F2N2O3. The van der Waals surface area contributed by atoms with Crippen LogP contribution in [0.2, 0.25) is 0 Å². The van der Waals surface area contributed by atoms with Gasteiger partial charge in [0.05, 0.1) is 25.5 Å². The van der Waals surface area contributed by atoms with Crippen LogP contribution in [-0.2, 0) is 11.3 Å². The predicted octanol–water partition coefficient (Wildman–Crippen LogP) is 1.27. The van der Waals surface area contributed by atoms with Crippen LogP contribution in [0.3, 0.4) is 0 Å². The fourth-order valence-corrected chi connectivity index (χ4v) is 1.35. The number of rotatable bonds is 4. The molecule has 5 nitrogen and oxygen atoms in total. The molecule has 0 aliphatic rings. The first-order chi connectivity index (χ1) is 8.04. The molecule has 0 saturated heterocycles. The number of nitrogens with two attached hydrogens (primary N) is 1. The number of aromatic nitrogens is 1. The van der Waals surface area contributed by atoms with Crippen LogP contribution in [-0.4, -0.2) is 25.2 Å². The predicted molar refractivity (Wildman–Crippen MR) is 55.0 cm³/mol. The van der Waals surface area contributed by atoms with Crippen LogP contribution in [0.15, 0.2) is 6.07 Å². The molecule has 0 radical (unpaired) electrons. The maximum atomic E-state index is 12.8. The molecule has 17 heavy (non-hydrogen) atoms. The summed E-state index contributed by atoms with van der Waals surface area (Å²) < 4.78 is 34.8. The summed E-state index contributed by atoms with van der Waals surface area (Å²) in [6.45, 7) is -0.221. The average Bonchev–Trinajstić information content (AvgIpc) is 2.35. The average molecular weight is 246 g/mol. The van der Waals surface area contributed by atoms with Crippen molar-refractivity contribution >= 4 is 5.97 Å². The minimum atomic E-state index is -2.78. The molecule has 0 unspecified atom stereocenters. The lowest BCUT2D eigenvalue weighted by atomic mass is 10.1. The fourth-order valence-electron chi connectivity index (χ4n) is 1.35. The minimum Gasteiger partial charge on any atom is -0.496 e. The Balaban J connectivity index is 3.39. The van der Waals surface area contributed by atoms with Gasteiger partial charge in [0.25, 0.3) is 6.43 Å². The van der Waals surface area contributed by atoms with Crippen LogP contribution < -0.4 is 10.5 Å². The number of nitrogens with zero attached hydrogens (tertiary/aromatic N) is 1. The second-order valence-electron chi connectivity index (χ2n) is 3.07.